The zero-order valence-electron chi connectivity index (χ0n) is 26.1. The molecule has 0 fully saturated rings. The number of halogens is 7. The van der Waals surface area contributed by atoms with E-state index in [0.29, 0.717) is 40.9 Å². The molecule has 0 saturated carbocycles. The van der Waals surface area contributed by atoms with Gasteiger partial charge in [-0.25, -0.2) is 18.6 Å². The topological polar surface area (TPSA) is 104 Å². The van der Waals surface area contributed by atoms with E-state index < -0.39 is 56.5 Å². The molecule has 0 bridgehead atoms. The third-order valence-corrected chi connectivity index (χ3v) is 7.67. The van der Waals surface area contributed by atoms with Crippen molar-refractivity contribution in [3.05, 3.63) is 66.7 Å². The minimum absolute atomic E-state index is 0.0434. The quantitative estimate of drug-likeness (QED) is 0.166. The van der Waals surface area contributed by atoms with E-state index in [1.54, 1.807) is 13.8 Å². The summed E-state index contributed by atoms with van der Waals surface area (Å²) in [5.74, 6) is 2.04. The maximum absolute atomic E-state index is 13.4. The lowest BCUT2D eigenvalue weighted by Gasteiger charge is -2.21. The van der Waals surface area contributed by atoms with Crippen LogP contribution >= 0.6 is 46.7 Å². The van der Waals surface area contributed by atoms with Gasteiger partial charge in [-0.1, -0.05) is 87.3 Å². The minimum Gasteiger partial charge on any atom is -0.479 e. The summed E-state index contributed by atoms with van der Waals surface area (Å²) in [6.07, 6.45) is -0.854. The second kappa shape index (κ2) is 16.4. The molecule has 0 radical (unpaired) electrons. The predicted molar refractivity (Wildman–Crippen MR) is 174 cm³/mol. The SMILES string of the molecule is C#CCOc1cc(-n2nc(C(C)(C)C)oc2=O)c(Cl)cc1Cl.CSC(=O)c1c(C(F)F)nc(C(F)(F)F)c(C(=O)SC)c1CC(C)C. The van der Waals surface area contributed by atoms with Crippen molar-refractivity contribution in [3.63, 3.8) is 0 Å². The molecule has 17 heteroatoms. The molecule has 0 saturated heterocycles. The Kier molecular flexibility index (Phi) is 14.0. The molecular weight excluding hydrogens is 712 g/mol. The summed E-state index contributed by atoms with van der Waals surface area (Å²) in [6, 6.07) is 2.96. The van der Waals surface area contributed by atoms with Gasteiger partial charge in [0.25, 0.3) is 6.43 Å². The maximum Gasteiger partial charge on any atom is 0.442 e. The van der Waals surface area contributed by atoms with Crippen LogP contribution in [0.5, 0.6) is 5.75 Å². The number of nitrogens with zero attached hydrogens (tertiary/aromatic N) is 3. The molecule has 2 aromatic heterocycles. The van der Waals surface area contributed by atoms with Gasteiger partial charge >= 0.3 is 11.9 Å². The smallest absolute Gasteiger partial charge is 0.442 e. The molecule has 0 aliphatic heterocycles. The predicted octanol–water partition coefficient (Wildman–Crippen LogP) is 8.68. The Labute approximate surface area is 286 Å². The van der Waals surface area contributed by atoms with Crippen LogP contribution in [0.4, 0.5) is 22.0 Å². The van der Waals surface area contributed by atoms with Gasteiger partial charge in [-0.05, 0) is 36.5 Å². The van der Waals surface area contributed by atoms with Crippen molar-refractivity contribution in [2.45, 2.75) is 59.1 Å². The van der Waals surface area contributed by atoms with Crippen LogP contribution in [0, 0.1) is 18.3 Å². The highest BCUT2D eigenvalue weighted by atomic mass is 35.5. The van der Waals surface area contributed by atoms with Crippen molar-refractivity contribution in [2.24, 2.45) is 5.92 Å². The Morgan fingerprint density at radius 3 is 2.09 bits per heavy atom. The third kappa shape index (κ3) is 9.98. The van der Waals surface area contributed by atoms with Crippen LogP contribution in [-0.4, -0.2) is 44.1 Å². The van der Waals surface area contributed by atoms with Crippen LogP contribution in [0.3, 0.4) is 0 Å². The Balaban J connectivity index is 0.000000329. The van der Waals surface area contributed by atoms with Crippen molar-refractivity contribution < 1.29 is 40.7 Å². The number of thioether (sulfide) groups is 2. The fourth-order valence-corrected chi connectivity index (χ4v) is 5.30. The normalized spacial score (nSPS) is 11.7. The third-order valence-electron chi connectivity index (χ3n) is 5.93. The zero-order valence-corrected chi connectivity index (χ0v) is 29.3. The van der Waals surface area contributed by atoms with Crippen LogP contribution in [0.2, 0.25) is 10.0 Å². The first-order valence-electron chi connectivity index (χ1n) is 13.4. The number of hydrogen-bond donors (Lipinski definition) is 0. The zero-order chi connectivity index (χ0) is 36.0. The number of pyridine rings is 1. The summed E-state index contributed by atoms with van der Waals surface area (Å²) in [6.45, 7) is 8.99. The number of carbonyl (C=O) groups excluding carboxylic acids is 2. The number of benzene rings is 1. The molecule has 256 valence electrons. The minimum atomic E-state index is -5.10. The molecule has 3 rings (SSSR count). The van der Waals surface area contributed by atoms with Crippen LogP contribution in [-0.2, 0) is 18.0 Å². The number of alkyl halides is 5. The Morgan fingerprint density at radius 1 is 1.06 bits per heavy atom. The molecule has 1 aromatic carbocycles. The van der Waals surface area contributed by atoms with E-state index in [0.717, 1.165) is 4.68 Å². The Morgan fingerprint density at radius 2 is 1.64 bits per heavy atom. The van der Waals surface area contributed by atoms with Crippen LogP contribution in [0.1, 0.15) is 84.6 Å². The summed E-state index contributed by atoms with van der Waals surface area (Å²) in [5.41, 5.74) is -4.73. The second-order valence-corrected chi connectivity index (χ2v) is 13.4. The lowest BCUT2D eigenvalue weighted by molar-refractivity contribution is -0.141. The highest BCUT2D eigenvalue weighted by molar-refractivity contribution is 8.13. The van der Waals surface area contributed by atoms with Crippen molar-refractivity contribution >= 4 is 57.0 Å². The average molecular weight is 743 g/mol. The number of carbonyl (C=O) groups is 2. The van der Waals surface area contributed by atoms with E-state index in [1.807, 2.05) is 20.8 Å². The maximum atomic E-state index is 13.4. The van der Waals surface area contributed by atoms with Crippen LogP contribution < -0.4 is 10.5 Å². The lowest BCUT2D eigenvalue weighted by atomic mass is 9.92. The highest BCUT2D eigenvalue weighted by Gasteiger charge is 2.42. The van der Waals surface area contributed by atoms with E-state index in [9.17, 15) is 36.3 Å². The van der Waals surface area contributed by atoms with Gasteiger partial charge < -0.3 is 9.15 Å². The van der Waals surface area contributed by atoms with Crippen molar-refractivity contribution in [1.29, 1.82) is 0 Å². The number of hydrogen-bond acceptors (Lipinski definition) is 9. The summed E-state index contributed by atoms with van der Waals surface area (Å²) < 4.78 is 78.3. The molecule has 2 heterocycles. The highest BCUT2D eigenvalue weighted by Crippen LogP contribution is 2.40. The number of terminal acetylenes is 1. The molecular formula is C30H30Cl2F5N3O5S2. The van der Waals surface area contributed by atoms with E-state index in [4.69, 9.17) is 38.8 Å². The van der Waals surface area contributed by atoms with E-state index >= 15 is 0 Å². The molecule has 47 heavy (non-hydrogen) atoms. The van der Waals surface area contributed by atoms with Gasteiger partial charge in [0.2, 0.25) is 16.1 Å². The Bertz CT molecular complexity index is 1730. The van der Waals surface area contributed by atoms with Crippen molar-refractivity contribution in [2.75, 3.05) is 19.1 Å². The van der Waals surface area contributed by atoms with Crippen LogP contribution in [0.25, 0.3) is 5.69 Å². The van der Waals surface area contributed by atoms with Gasteiger partial charge in [-0.15, -0.1) is 11.5 Å². The Hall–Kier alpha value is -3.06. The lowest BCUT2D eigenvalue weighted by Crippen LogP contribution is -2.23. The fraction of sp³-hybridized carbons (Fsp3) is 0.433. The molecule has 0 aliphatic carbocycles. The van der Waals surface area contributed by atoms with Gasteiger partial charge in [0.1, 0.15) is 18.1 Å². The van der Waals surface area contributed by atoms with Crippen molar-refractivity contribution in [1.82, 2.24) is 14.8 Å². The van der Waals surface area contributed by atoms with Crippen LogP contribution in [0.15, 0.2) is 21.3 Å². The summed E-state index contributed by atoms with van der Waals surface area (Å²) in [4.78, 5) is 39.3. The van der Waals surface area contributed by atoms with Gasteiger partial charge in [0.05, 0.1) is 26.9 Å². The number of aromatic nitrogens is 3. The van der Waals surface area contributed by atoms with Gasteiger partial charge in [0, 0.05) is 11.5 Å². The fourth-order valence-electron chi connectivity index (χ4n) is 3.93. The first-order chi connectivity index (χ1) is 21.7. The average Bonchev–Trinajstić information content (AvgIpc) is 3.36. The largest absolute Gasteiger partial charge is 0.479 e. The molecule has 3 aromatic rings. The number of ether oxygens (including phenoxy) is 1. The molecule has 0 N–H and O–H groups in total. The monoisotopic (exact) mass is 741 g/mol. The summed E-state index contributed by atoms with van der Waals surface area (Å²) >= 11 is 13.3. The van der Waals surface area contributed by atoms with Gasteiger partial charge in [0.15, 0.2) is 5.69 Å². The summed E-state index contributed by atoms with van der Waals surface area (Å²) in [7, 11) is 0. The van der Waals surface area contributed by atoms with Gasteiger partial charge in [-0.3, -0.25) is 9.59 Å². The van der Waals surface area contributed by atoms with E-state index in [-0.39, 0.29) is 34.6 Å². The molecule has 0 aliphatic rings. The summed E-state index contributed by atoms with van der Waals surface area (Å²) in [5, 5.41) is 2.90. The second-order valence-electron chi connectivity index (χ2n) is 11.0. The molecule has 0 spiro atoms. The van der Waals surface area contributed by atoms with Crippen molar-refractivity contribution in [3.8, 4) is 23.8 Å². The first kappa shape index (κ1) is 40.1. The standard InChI is InChI=1S/C15H14Cl2N2O3.C15H16F5NO2S2/c1-5-6-21-12-8-11(9(16)7-10(12)17)19-14(20)22-13(18-19)15(2,3)4;1-6(2)5-7-8(13(22)24-3)10(12(16)17)21-11(15(18,19)20)9(7)14(23)25-4/h1,7-8H,6H2,2-4H3;6,12H,5H2,1-4H3. The van der Waals surface area contributed by atoms with E-state index in [1.165, 1.54) is 24.6 Å². The van der Waals surface area contributed by atoms with E-state index in [2.05, 4.69) is 16.0 Å². The molecule has 8 nitrogen and oxygen atoms in total. The molecule has 0 atom stereocenters. The molecule has 0 amide bonds. The van der Waals surface area contributed by atoms with Gasteiger partial charge in [-0.2, -0.15) is 17.9 Å². The molecule has 0 unspecified atom stereocenters. The first-order valence-corrected chi connectivity index (χ1v) is 16.6. The number of rotatable bonds is 8.